The van der Waals surface area contributed by atoms with Crippen LogP contribution in [-0.2, 0) is 13.2 Å². The molecule has 0 atom stereocenters. The number of anilines is 1. The molecule has 0 aliphatic rings. The van der Waals surface area contributed by atoms with Crippen molar-refractivity contribution in [3.05, 3.63) is 70.4 Å². The summed E-state index contributed by atoms with van der Waals surface area (Å²) in [5, 5.41) is 13.4. The van der Waals surface area contributed by atoms with Crippen molar-refractivity contribution in [2.24, 2.45) is 0 Å². The molecular weight excluding hydrogens is 382 g/mol. The molecule has 3 aromatic rings. The maximum Gasteiger partial charge on any atom is 0.277 e. The van der Waals surface area contributed by atoms with Gasteiger partial charge in [0.15, 0.2) is 0 Å². The van der Waals surface area contributed by atoms with E-state index in [0.717, 1.165) is 16.9 Å². The molecular formula is C19H20ClN5O3. The molecule has 0 saturated heterocycles. The lowest BCUT2D eigenvalue weighted by molar-refractivity contribution is 0.0944. The highest BCUT2D eigenvalue weighted by Crippen LogP contribution is 2.17. The molecule has 1 heterocycles. The average Bonchev–Trinajstić information content (AvgIpc) is 3.12. The summed E-state index contributed by atoms with van der Waals surface area (Å²) in [5.74, 6) is 0.332. The van der Waals surface area contributed by atoms with Crippen molar-refractivity contribution in [3.8, 4) is 5.75 Å². The van der Waals surface area contributed by atoms with Crippen molar-refractivity contribution >= 4 is 23.3 Å². The summed E-state index contributed by atoms with van der Waals surface area (Å²) in [6.45, 7) is 2.07. The number of nitrogens with zero attached hydrogens (tertiary/aromatic N) is 2. The third kappa shape index (κ3) is 5.70. The van der Waals surface area contributed by atoms with Crippen molar-refractivity contribution in [2.75, 3.05) is 18.8 Å². The van der Waals surface area contributed by atoms with E-state index >= 15 is 0 Å². The molecule has 2 aromatic carbocycles. The lowest BCUT2D eigenvalue weighted by atomic mass is 10.2. The van der Waals surface area contributed by atoms with Crippen LogP contribution in [0.25, 0.3) is 0 Å². The topological polar surface area (TPSA) is 115 Å². The maximum absolute atomic E-state index is 11.8. The highest BCUT2D eigenvalue weighted by molar-refractivity contribution is 6.30. The quantitative estimate of drug-likeness (QED) is 0.471. The first-order valence-electron chi connectivity index (χ1n) is 8.65. The number of nitrogens with one attached hydrogen (secondary N) is 2. The lowest BCUT2D eigenvalue weighted by Crippen LogP contribution is -2.32. The molecule has 0 aliphatic heterocycles. The number of carbonyl (C=O) groups is 1. The second-order valence-corrected chi connectivity index (χ2v) is 6.43. The van der Waals surface area contributed by atoms with Gasteiger partial charge in [0.1, 0.15) is 12.4 Å². The summed E-state index contributed by atoms with van der Waals surface area (Å²) >= 11 is 5.98. The zero-order valence-corrected chi connectivity index (χ0v) is 15.8. The van der Waals surface area contributed by atoms with Gasteiger partial charge in [0.05, 0.1) is 0 Å². The van der Waals surface area contributed by atoms with Gasteiger partial charge in [0.25, 0.3) is 5.91 Å². The summed E-state index contributed by atoms with van der Waals surface area (Å²) < 4.78 is 10.2. The van der Waals surface area contributed by atoms with Crippen LogP contribution in [-0.4, -0.2) is 29.3 Å². The van der Waals surface area contributed by atoms with Crippen molar-refractivity contribution in [3.63, 3.8) is 0 Å². The number of amides is 1. The van der Waals surface area contributed by atoms with E-state index in [1.807, 2.05) is 48.5 Å². The highest BCUT2D eigenvalue weighted by Gasteiger charge is 2.14. The largest absolute Gasteiger partial charge is 0.489 e. The molecule has 146 valence electrons. The number of nitrogen functional groups attached to an aromatic ring is 1. The summed E-state index contributed by atoms with van der Waals surface area (Å²) in [4.78, 5) is 11.8. The van der Waals surface area contributed by atoms with Crippen molar-refractivity contribution in [1.29, 1.82) is 0 Å². The number of benzene rings is 2. The van der Waals surface area contributed by atoms with E-state index in [2.05, 4.69) is 25.6 Å². The van der Waals surface area contributed by atoms with E-state index in [4.69, 9.17) is 22.1 Å². The third-order valence-corrected chi connectivity index (χ3v) is 4.07. The zero-order chi connectivity index (χ0) is 19.8. The van der Waals surface area contributed by atoms with Gasteiger partial charge in [-0.25, -0.2) is 4.63 Å². The number of aromatic nitrogens is 2. The molecule has 1 amide bonds. The molecule has 0 aliphatic carbocycles. The van der Waals surface area contributed by atoms with Gasteiger partial charge < -0.3 is 21.1 Å². The van der Waals surface area contributed by atoms with Crippen molar-refractivity contribution < 1.29 is 14.2 Å². The molecule has 0 unspecified atom stereocenters. The van der Waals surface area contributed by atoms with Crippen LogP contribution < -0.4 is 21.1 Å². The second-order valence-electron chi connectivity index (χ2n) is 6.00. The Morgan fingerprint density at radius 1 is 1.11 bits per heavy atom. The molecule has 0 saturated carbocycles. The van der Waals surface area contributed by atoms with Crippen LogP contribution in [0.5, 0.6) is 5.75 Å². The van der Waals surface area contributed by atoms with Crippen LogP contribution in [0.3, 0.4) is 0 Å². The Balaban J connectivity index is 1.39. The summed E-state index contributed by atoms with van der Waals surface area (Å²) in [6.07, 6.45) is 0. The molecule has 1 aromatic heterocycles. The molecule has 0 spiro atoms. The fourth-order valence-electron chi connectivity index (χ4n) is 2.47. The van der Waals surface area contributed by atoms with E-state index in [-0.39, 0.29) is 11.5 Å². The minimum absolute atomic E-state index is 0.00967. The smallest absolute Gasteiger partial charge is 0.277 e. The second kappa shape index (κ2) is 9.72. The third-order valence-electron chi connectivity index (χ3n) is 3.84. The van der Waals surface area contributed by atoms with Gasteiger partial charge in [-0.05, 0) is 45.7 Å². The Labute approximate surface area is 167 Å². The summed E-state index contributed by atoms with van der Waals surface area (Å²) in [6, 6.07) is 15.4. The predicted molar refractivity (Wildman–Crippen MR) is 105 cm³/mol. The molecule has 0 bridgehead atoms. The normalized spacial score (nSPS) is 10.6. The summed E-state index contributed by atoms with van der Waals surface area (Å²) in [7, 11) is 0. The standard InChI is InChI=1S/C19H20ClN5O3/c20-15-5-1-4-14(9-15)12-27-16-6-2-3-13(10-16)11-22-7-8-23-19(26)17-18(21)25-28-24-17/h1-6,9-10,22H,7-8,11-12H2,(H2,21,25)(H,23,26). The first-order valence-corrected chi connectivity index (χ1v) is 9.03. The summed E-state index contributed by atoms with van der Waals surface area (Å²) in [5.41, 5.74) is 7.54. The van der Waals surface area contributed by atoms with Gasteiger partial charge in [-0.3, -0.25) is 4.79 Å². The number of carbonyl (C=O) groups excluding carboxylic acids is 1. The Morgan fingerprint density at radius 2 is 1.93 bits per heavy atom. The van der Waals surface area contributed by atoms with E-state index in [1.54, 1.807) is 0 Å². The zero-order valence-electron chi connectivity index (χ0n) is 15.0. The van der Waals surface area contributed by atoms with Gasteiger partial charge in [0, 0.05) is 24.7 Å². The van der Waals surface area contributed by atoms with Gasteiger partial charge >= 0.3 is 0 Å². The van der Waals surface area contributed by atoms with Gasteiger partial charge in [-0.1, -0.05) is 35.9 Å². The van der Waals surface area contributed by atoms with Crippen LogP contribution >= 0.6 is 11.6 Å². The maximum atomic E-state index is 11.8. The molecule has 4 N–H and O–H groups in total. The minimum Gasteiger partial charge on any atom is -0.489 e. The van der Waals surface area contributed by atoms with E-state index in [0.29, 0.717) is 31.3 Å². The Bertz CT molecular complexity index is 931. The van der Waals surface area contributed by atoms with Crippen LogP contribution in [0.4, 0.5) is 5.82 Å². The molecule has 28 heavy (non-hydrogen) atoms. The Morgan fingerprint density at radius 3 is 2.71 bits per heavy atom. The SMILES string of the molecule is Nc1nonc1C(=O)NCCNCc1cccc(OCc2cccc(Cl)c2)c1. The number of halogens is 1. The molecule has 3 rings (SSSR count). The molecule has 0 radical (unpaired) electrons. The van der Waals surface area contributed by atoms with Crippen molar-refractivity contribution in [2.45, 2.75) is 13.2 Å². The number of nitrogens with two attached hydrogens (primary N) is 1. The number of ether oxygens (including phenoxy) is 1. The van der Waals surface area contributed by atoms with E-state index in [1.165, 1.54) is 0 Å². The predicted octanol–water partition coefficient (Wildman–Crippen LogP) is 2.40. The fraction of sp³-hybridized carbons (Fsp3) is 0.211. The highest BCUT2D eigenvalue weighted by atomic mass is 35.5. The van der Waals surface area contributed by atoms with Crippen LogP contribution in [0.1, 0.15) is 21.6 Å². The Hall–Kier alpha value is -3.10. The van der Waals surface area contributed by atoms with E-state index in [9.17, 15) is 4.79 Å². The van der Waals surface area contributed by atoms with Gasteiger partial charge in [-0.2, -0.15) is 0 Å². The number of hydrogen-bond donors (Lipinski definition) is 3. The van der Waals surface area contributed by atoms with E-state index < -0.39 is 5.91 Å². The average molecular weight is 402 g/mol. The lowest BCUT2D eigenvalue weighted by Gasteiger charge is -2.10. The molecule has 0 fully saturated rings. The van der Waals surface area contributed by atoms with Crippen LogP contribution in [0.2, 0.25) is 5.02 Å². The molecule has 9 heteroatoms. The number of rotatable bonds is 9. The monoisotopic (exact) mass is 401 g/mol. The van der Waals surface area contributed by atoms with Gasteiger partial charge in [-0.15, -0.1) is 0 Å². The fourth-order valence-corrected chi connectivity index (χ4v) is 2.69. The minimum atomic E-state index is -0.419. The first-order chi connectivity index (χ1) is 13.6. The first kappa shape index (κ1) is 19.7. The van der Waals surface area contributed by atoms with Gasteiger partial charge in [0.2, 0.25) is 11.5 Å². The Kier molecular flexibility index (Phi) is 6.83. The van der Waals surface area contributed by atoms with Crippen LogP contribution in [0.15, 0.2) is 53.2 Å². The molecule has 8 nitrogen and oxygen atoms in total. The number of hydrogen-bond acceptors (Lipinski definition) is 7. The van der Waals surface area contributed by atoms with Crippen molar-refractivity contribution in [1.82, 2.24) is 20.9 Å². The van der Waals surface area contributed by atoms with Crippen LogP contribution in [0, 0.1) is 0 Å².